The highest BCUT2D eigenvalue weighted by Gasteiger charge is 2.15. The van der Waals surface area contributed by atoms with Crippen molar-refractivity contribution in [1.82, 2.24) is 4.98 Å². The Morgan fingerprint density at radius 3 is 2.80 bits per heavy atom. The number of benzene rings is 2. The van der Waals surface area contributed by atoms with E-state index in [-0.39, 0.29) is 5.69 Å². The Morgan fingerprint density at radius 2 is 2.05 bits per heavy atom. The molecular formula is C13H6ClIN2O3. The Bertz CT molecular complexity index is 832. The molecule has 1 heterocycles. The highest BCUT2D eigenvalue weighted by molar-refractivity contribution is 14.1. The third-order valence-electron chi connectivity index (χ3n) is 2.74. The molecular weight excluding hydrogens is 395 g/mol. The largest absolute Gasteiger partial charge is 0.436 e. The Kier molecular flexibility index (Phi) is 3.35. The van der Waals surface area contributed by atoms with Gasteiger partial charge in [-0.1, -0.05) is 11.6 Å². The first-order valence-corrected chi connectivity index (χ1v) is 7.00. The van der Waals surface area contributed by atoms with E-state index in [0.29, 0.717) is 27.6 Å². The molecule has 7 heteroatoms. The van der Waals surface area contributed by atoms with Gasteiger partial charge in [0, 0.05) is 9.64 Å². The number of non-ortho nitro benzene ring substituents is 1. The van der Waals surface area contributed by atoms with E-state index in [4.69, 9.17) is 16.0 Å². The molecule has 0 N–H and O–H groups in total. The van der Waals surface area contributed by atoms with Crippen molar-refractivity contribution in [3.8, 4) is 11.5 Å². The highest BCUT2D eigenvalue weighted by Crippen LogP contribution is 2.32. The third kappa shape index (κ3) is 2.36. The molecule has 1 aromatic heterocycles. The molecule has 3 rings (SSSR count). The van der Waals surface area contributed by atoms with Gasteiger partial charge in [0.25, 0.3) is 5.69 Å². The lowest BCUT2D eigenvalue weighted by molar-refractivity contribution is -0.384. The highest BCUT2D eigenvalue weighted by atomic mass is 127. The van der Waals surface area contributed by atoms with Crippen LogP contribution in [0.2, 0.25) is 5.02 Å². The number of nitrogens with zero attached hydrogens (tertiary/aromatic N) is 2. The summed E-state index contributed by atoms with van der Waals surface area (Å²) < 4.78 is 6.57. The Balaban J connectivity index is 2.17. The van der Waals surface area contributed by atoms with Crippen LogP contribution in [-0.2, 0) is 0 Å². The molecule has 0 saturated carbocycles. The van der Waals surface area contributed by atoms with E-state index in [1.165, 1.54) is 12.1 Å². The molecule has 0 aliphatic heterocycles. The number of halogens is 2. The van der Waals surface area contributed by atoms with Gasteiger partial charge in [-0.3, -0.25) is 10.1 Å². The number of fused-ring (bicyclic) bond motifs is 1. The second-order valence-corrected chi connectivity index (χ2v) is 5.71. The molecule has 3 aromatic rings. The molecule has 0 aliphatic rings. The van der Waals surface area contributed by atoms with Crippen LogP contribution in [0.15, 0.2) is 40.8 Å². The van der Waals surface area contributed by atoms with Gasteiger partial charge in [0.1, 0.15) is 5.52 Å². The van der Waals surface area contributed by atoms with E-state index in [1.807, 2.05) is 12.1 Å². The molecule has 0 aliphatic carbocycles. The summed E-state index contributed by atoms with van der Waals surface area (Å²) in [6.45, 7) is 0. The van der Waals surface area contributed by atoms with Crippen LogP contribution in [0.3, 0.4) is 0 Å². The van der Waals surface area contributed by atoms with Gasteiger partial charge in [-0.2, -0.15) is 0 Å². The number of oxazole rings is 1. The monoisotopic (exact) mass is 400 g/mol. The first-order valence-electron chi connectivity index (χ1n) is 5.55. The lowest BCUT2D eigenvalue weighted by atomic mass is 10.2. The van der Waals surface area contributed by atoms with E-state index < -0.39 is 4.92 Å². The van der Waals surface area contributed by atoms with Gasteiger partial charge in [0.2, 0.25) is 5.89 Å². The van der Waals surface area contributed by atoms with E-state index in [0.717, 1.165) is 3.57 Å². The molecule has 100 valence electrons. The van der Waals surface area contributed by atoms with Crippen LogP contribution in [-0.4, -0.2) is 9.91 Å². The van der Waals surface area contributed by atoms with E-state index in [1.54, 1.807) is 12.1 Å². The quantitative estimate of drug-likeness (QED) is 0.356. The summed E-state index contributed by atoms with van der Waals surface area (Å²) in [6.07, 6.45) is 0. The van der Waals surface area contributed by atoms with Crippen LogP contribution in [0, 0.1) is 13.7 Å². The number of nitro groups is 1. The fraction of sp³-hybridized carbons (Fsp3) is 0. The zero-order valence-corrected chi connectivity index (χ0v) is 12.8. The maximum Gasteiger partial charge on any atom is 0.273 e. The third-order valence-corrected chi connectivity index (χ3v) is 3.74. The van der Waals surface area contributed by atoms with Crippen LogP contribution < -0.4 is 0 Å². The predicted octanol–water partition coefficient (Wildman–Crippen LogP) is 4.66. The molecule has 0 atom stereocenters. The summed E-state index contributed by atoms with van der Waals surface area (Å²) in [5.74, 6) is 0.351. The van der Waals surface area contributed by atoms with Gasteiger partial charge in [-0.05, 0) is 46.9 Å². The van der Waals surface area contributed by atoms with Gasteiger partial charge in [-0.25, -0.2) is 4.98 Å². The Labute approximate surface area is 131 Å². The first kappa shape index (κ1) is 13.3. The van der Waals surface area contributed by atoms with Crippen molar-refractivity contribution in [2.24, 2.45) is 0 Å². The molecule has 0 bridgehead atoms. The number of hydrogen-bond acceptors (Lipinski definition) is 4. The minimum Gasteiger partial charge on any atom is -0.436 e. The number of aromatic nitrogens is 1. The SMILES string of the molecule is O=[N+]([O-])c1ccc2nc(-c3cc(I)ccc3Cl)oc2c1. The van der Waals surface area contributed by atoms with Gasteiger partial charge < -0.3 is 4.42 Å². The van der Waals surface area contributed by atoms with Crippen molar-refractivity contribution < 1.29 is 9.34 Å². The Morgan fingerprint density at radius 1 is 1.25 bits per heavy atom. The summed E-state index contributed by atoms with van der Waals surface area (Å²) in [7, 11) is 0. The second kappa shape index (κ2) is 5.02. The van der Waals surface area contributed by atoms with Crippen LogP contribution in [0.1, 0.15) is 0 Å². The van der Waals surface area contributed by atoms with Crippen LogP contribution >= 0.6 is 34.2 Å². The number of nitro benzene ring substituents is 1. The van der Waals surface area contributed by atoms with Gasteiger partial charge in [-0.15, -0.1) is 0 Å². The second-order valence-electron chi connectivity index (χ2n) is 4.05. The normalized spacial score (nSPS) is 10.9. The lowest BCUT2D eigenvalue weighted by Gasteiger charge is -1.99. The maximum atomic E-state index is 10.7. The van der Waals surface area contributed by atoms with Crippen molar-refractivity contribution >= 4 is 51.0 Å². The molecule has 20 heavy (non-hydrogen) atoms. The van der Waals surface area contributed by atoms with Crippen molar-refractivity contribution in [1.29, 1.82) is 0 Å². The predicted molar refractivity (Wildman–Crippen MR) is 83.8 cm³/mol. The first-order chi connectivity index (χ1) is 9.54. The molecule has 0 amide bonds. The summed E-state index contributed by atoms with van der Waals surface area (Å²) in [5.41, 5.74) is 1.55. The van der Waals surface area contributed by atoms with E-state index >= 15 is 0 Å². The minimum atomic E-state index is -0.472. The van der Waals surface area contributed by atoms with Gasteiger partial charge in [0.05, 0.1) is 21.6 Å². The lowest BCUT2D eigenvalue weighted by Crippen LogP contribution is -1.86. The maximum absolute atomic E-state index is 10.7. The van der Waals surface area contributed by atoms with Gasteiger partial charge >= 0.3 is 0 Å². The summed E-state index contributed by atoms with van der Waals surface area (Å²) in [5, 5.41) is 11.3. The summed E-state index contributed by atoms with van der Waals surface area (Å²) in [6, 6.07) is 9.79. The zero-order valence-electron chi connectivity index (χ0n) is 9.84. The van der Waals surface area contributed by atoms with Crippen LogP contribution in [0.4, 0.5) is 5.69 Å². The molecule has 2 aromatic carbocycles. The molecule has 0 radical (unpaired) electrons. The minimum absolute atomic E-state index is 0.0334. The van der Waals surface area contributed by atoms with Crippen molar-refractivity contribution in [2.75, 3.05) is 0 Å². The van der Waals surface area contributed by atoms with Crippen molar-refractivity contribution in [3.05, 3.63) is 55.1 Å². The molecule has 0 unspecified atom stereocenters. The van der Waals surface area contributed by atoms with E-state index in [2.05, 4.69) is 27.6 Å². The molecule has 0 spiro atoms. The van der Waals surface area contributed by atoms with Crippen molar-refractivity contribution in [2.45, 2.75) is 0 Å². The molecule has 5 nitrogen and oxygen atoms in total. The number of hydrogen-bond donors (Lipinski definition) is 0. The van der Waals surface area contributed by atoms with Crippen molar-refractivity contribution in [3.63, 3.8) is 0 Å². The number of rotatable bonds is 2. The summed E-state index contributed by atoms with van der Waals surface area (Å²) >= 11 is 8.29. The van der Waals surface area contributed by atoms with Crippen LogP contribution in [0.5, 0.6) is 0 Å². The van der Waals surface area contributed by atoms with Gasteiger partial charge in [0.15, 0.2) is 5.58 Å². The average Bonchev–Trinajstić information content (AvgIpc) is 2.83. The van der Waals surface area contributed by atoms with E-state index in [9.17, 15) is 10.1 Å². The fourth-order valence-corrected chi connectivity index (χ4v) is 2.49. The fourth-order valence-electron chi connectivity index (χ4n) is 1.80. The smallest absolute Gasteiger partial charge is 0.273 e. The topological polar surface area (TPSA) is 69.2 Å². The zero-order chi connectivity index (χ0) is 14.3. The average molecular weight is 401 g/mol. The van der Waals surface area contributed by atoms with Crippen LogP contribution in [0.25, 0.3) is 22.6 Å². The Hall–Kier alpha value is -1.67. The molecule has 0 saturated heterocycles. The standard InChI is InChI=1S/C13H6ClIN2O3/c14-10-3-1-7(15)5-9(10)13-16-11-4-2-8(17(18)19)6-12(11)20-13/h1-6H. The molecule has 0 fully saturated rings. The summed E-state index contributed by atoms with van der Waals surface area (Å²) in [4.78, 5) is 14.6.